The molecule has 0 radical (unpaired) electrons. The minimum absolute atomic E-state index is 0.134. The fourth-order valence-corrected chi connectivity index (χ4v) is 2.28. The van der Waals surface area contributed by atoms with Crippen LogP contribution < -0.4 is 0 Å². The van der Waals surface area contributed by atoms with E-state index in [9.17, 15) is 0 Å². The Morgan fingerprint density at radius 2 is 1.38 bits per heavy atom. The Labute approximate surface area is 95.8 Å². The Hall–Kier alpha value is -1.00. The summed E-state index contributed by atoms with van der Waals surface area (Å²) in [5, 5.41) is 0. The summed E-state index contributed by atoms with van der Waals surface area (Å²) in [5.74, 6) is 0. The molecule has 0 aromatic heterocycles. The number of rotatable bonds is 6. The highest BCUT2D eigenvalue weighted by molar-refractivity contribution is 4.91. The highest BCUT2D eigenvalue weighted by Crippen LogP contribution is 2.34. The van der Waals surface area contributed by atoms with E-state index in [2.05, 4.69) is 13.2 Å². The van der Waals surface area contributed by atoms with Crippen LogP contribution in [0.15, 0.2) is 25.7 Å². The first-order valence-electron chi connectivity index (χ1n) is 5.59. The van der Waals surface area contributed by atoms with Gasteiger partial charge in [0.25, 0.3) is 0 Å². The molecule has 0 N–H and O–H groups in total. The van der Waals surface area contributed by atoms with Gasteiger partial charge in [0.1, 0.15) is 13.2 Å². The Bertz CT molecular complexity index is 215. The third kappa shape index (κ3) is 2.57. The quantitative estimate of drug-likeness (QED) is 0.645. The largest absolute Gasteiger partial charge is 0.499 e. The van der Waals surface area contributed by atoms with Gasteiger partial charge in [0.05, 0.1) is 36.9 Å². The van der Waals surface area contributed by atoms with Gasteiger partial charge in [0.2, 0.25) is 0 Å². The molecule has 0 saturated carbocycles. The average molecular weight is 226 g/mol. The van der Waals surface area contributed by atoms with Crippen molar-refractivity contribution in [2.75, 3.05) is 13.2 Å². The molecular weight excluding hydrogens is 208 g/mol. The minimum Gasteiger partial charge on any atom is -0.499 e. The lowest BCUT2D eigenvalue weighted by Gasteiger charge is -2.14. The summed E-state index contributed by atoms with van der Waals surface area (Å²) >= 11 is 0. The van der Waals surface area contributed by atoms with E-state index in [1.807, 2.05) is 0 Å². The molecule has 16 heavy (non-hydrogen) atoms. The van der Waals surface area contributed by atoms with Crippen LogP contribution in [0, 0.1) is 0 Å². The van der Waals surface area contributed by atoms with Gasteiger partial charge in [-0.2, -0.15) is 0 Å². The third-order valence-corrected chi connectivity index (χ3v) is 2.94. The summed E-state index contributed by atoms with van der Waals surface area (Å²) in [5.41, 5.74) is 0. The first kappa shape index (κ1) is 11.5. The molecule has 4 unspecified atom stereocenters. The lowest BCUT2D eigenvalue weighted by Crippen LogP contribution is -2.20. The zero-order valence-corrected chi connectivity index (χ0v) is 9.34. The van der Waals surface area contributed by atoms with Crippen LogP contribution in [0.1, 0.15) is 12.8 Å². The second-order valence-corrected chi connectivity index (χ2v) is 4.06. The van der Waals surface area contributed by atoms with Crippen molar-refractivity contribution in [2.24, 2.45) is 0 Å². The molecule has 2 fully saturated rings. The molecule has 4 atom stereocenters. The maximum atomic E-state index is 5.82. The molecule has 4 heteroatoms. The van der Waals surface area contributed by atoms with Gasteiger partial charge < -0.3 is 18.9 Å². The van der Waals surface area contributed by atoms with Gasteiger partial charge in [-0.3, -0.25) is 0 Å². The highest BCUT2D eigenvalue weighted by atomic mass is 16.6. The molecule has 0 spiro atoms. The summed E-state index contributed by atoms with van der Waals surface area (Å²) in [6.45, 7) is 8.14. The lowest BCUT2D eigenvalue weighted by atomic mass is 10.1. The molecule has 2 rings (SSSR count). The highest BCUT2D eigenvalue weighted by Gasteiger charge is 2.44. The Balaban J connectivity index is 1.72. The minimum atomic E-state index is 0.134. The van der Waals surface area contributed by atoms with Gasteiger partial charge in [0.15, 0.2) is 0 Å². The molecule has 0 amide bonds. The number of hydrogen-bond donors (Lipinski definition) is 0. The Morgan fingerprint density at radius 3 is 1.75 bits per heavy atom. The van der Waals surface area contributed by atoms with E-state index < -0.39 is 0 Å². The predicted octanol–water partition coefficient (Wildman–Crippen LogP) is 1.62. The molecule has 4 nitrogen and oxygen atoms in total. The van der Waals surface area contributed by atoms with E-state index in [0.717, 1.165) is 12.8 Å². The fraction of sp³-hybridized carbons (Fsp3) is 0.667. The van der Waals surface area contributed by atoms with E-state index in [4.69, 9.17) is 18.9 Å². The van der Waals surface area contributed by atoms with Crippen molar-refractivity contribution in [3.8, 4) is 0 Å². The van der Waals surface area contributed by atoms with Crippen LogP contribution in [-0.2, 0) is 18.9 Å². The summed E-state index contributed by atoms with van der Waals surface area (Å²) < 4.78 is 21.9. The van der Waals surface area contributed by atoms with Gasteiger partial charge in [-0.25, -0.2) is 0 Å². The lowest BCUT2D eigenvalue weighted by molar-refractivity contribution is 0.00329. The van der Waals surface area contributed by atoms with Gasteiger partial charge in [-0.15, -0.1) is 0 Å². The van der Waals surface area contributed by atoms with E-state index >= 15 is 0 Å². The average Bonchev–Trinajstić information content (AvgIpc) is 2.80. The smallest absolute Gasteiger partial charge is 0.114 e. The molecule has 0 aromatic rings. The number of hydrogen-bond acceptors (Lipinski definition) is 4. The summed E-state index contributed by atoms with van der Waals surface area (Å²) in [7, 11) is 0. The third-order valence-electron chi connectivity index (χ3n) is 2.94. The Kier molecular flexibility index (Phi) is 3.85. The van der Waals surface area contributed by atoms with Gasteiger partial charge in [-0.05, 0) is 0 Å². The zero-order chi connectivity index (χ0) is 11.4. The fourth-order valence-electron chi connectivity index (χ4n) is 2.28. The zero-order valence-electron chi connectivity index (χ0n) is 9.34. The van der Waals surface area contributed by atoms with Crippen molar-refractivity contribution in [2.45, 2.75) is 37.3 Å². The van der Waals surface area contributed by atoms with Crippen LogP contribution in [-0.4, -0.2) is 37.6 Å². The van der Waals surface area contributed by atoms with Gasteiger partial charge in [0, 0.05) is 12.8 Å². The number of fused-ring (bicyclic) bond motifs is 1. The SMILES string of the molecule is C=COCC1CC2OC(COC=C)CC2O1. The van der Waals surface area contributed by atoms with E-state index in [0.29, 0.717) is 13.2 Å². The van der Waals surface area contributed by atoms with Gasteiger partial charge >= 0.3 is 0 Å². The van der Waals surface area contributed by atoms with Crippen molar-refractivity contribution in [1.82, 2.24) is 0 Å². The first-order valence-corrected chi connectivity index (χ1v) is 5.59. The van der Waals surface area contributed by atoms with Crippen LogP contribution in [0.3, 0.4) is 0 Å². The number of ether oxygens (including phenoxy) is 4. The topological polar surface area (TPSA) is 36.9 Å². The summed E-state index contributed by atoms with van der Waals surface area (Å²) in [6.07, 6.45) is 5.32. The second-order valence-electron chi connectivity index (χ2n) is 4.06. The predicted molar refractivity (Wildman–Crippen MR) is 58.9 cm³/mol. The van der Waals surface area contributed by atoms with Crippen LogP contribution in [0.4, 0.5) is 0 Å². The van der Waals surface area contributed by atoms with Crippen molar-refractivity contribution in [3.05, 3.63) is 25.7 Å². The standard InChI is InChI=1S/C12H18O4/c1-3-13-7-9-5-11-12(15-9)6-10(16-11)8-14-4-2/h3-4,9-12H,1-2,5-8H2. The molecule has 2 heterocycles. The van der Waals surface area contributed by atoms with Crippen LogP contribution in [0.2, 0.25) is 0 Å². The molecule has 2 saturated heterocycles. The molecule has 2 aliphatic rings. The molecule has 0 bridgehead atoms. The van der Waals surface area contributed by atoms with Crippen LogP contribution in [0.25, 0.3) is 0 Å². The molecular formula is C12H18O4. The molecule has 90 valence electrons. The summed E-state index contributed by atoms with van der Waals surface area (Å²) in [6, 6.07) is 0. The maximum Gasteiger partial charge on any atom is 0.114 e. The van der Waals surface area contributed by atoms with E-state index in [1.54, 1.807) is 0 Å². The monoisotopic (exact) mass is 226 g/mol. The van der Waals surface area contributed by atoms with Crippen LogP contribution >= 0.6 is 0 Å². The van der Waals surface area contributed by atoms with Crippen molar-refractivity contribution in [1.29, 1.82) is 0 Å². The van der Waals surface area contributed by atoms with Crippen molar-refractivity contribution in [3.63, 3.8) is 0 Å². The van der Waals surface area contributed by atoms with Crippen molar-refractivity contribution < 1.29 is 18.9 Å². The maximum absolute atomic E-state index is 5.82. The molecule has 0 aromatic carbocycles. The molecule has 0 aliphatic carbocycles. The van der Waals surface area contributed by atoms with Crippen molar-refractivity contribution >= 4 is 0 Å². The normalized spacial score (nSPS) is 36.8. The first-order chi connectivity index (χ1) is 7.83. The van der Waals surface area contributed by atoms with E-state index in [1.165, 1.54) is 12.5 Å². The van der Waals surface area contributed by atoms with Crippen LogP contribution in [0.5, 0.6) is 0 Å². The Morgan fingerprint density at radius 1 is 0.938 bits per heavy atom. The van der Waals surface area contributed by atoms with Gasteiger partial charge in [-0.1, -0.05) is 13.2 Å². The second kappa shape index (κ2) is 5.37. The molecule has 2 aliphatic heterocycles. The van der Waals surface area contributed by atoms with E-state index in [-0.39, 0.29) is 24.4 Å². The summed E-state index contributed by atoms with van der Waals surface area (Å²) in [4.78, 5) is 0.